The highest BCUT2D eigenvalue weighted by Crippen LogP contribution is 2.39. The van der Waals surface area contributed by atoms with Crippen LogP contribution in [-0.4, -0.2) is 94.8 Å². The highest BCUT2D eigenvalue weighted by molar-refractivity contribution is 7.92. The van der Waals surface area contributed by atoms with Crippen molar-refractivity contribution in [2.24, 2.45) is 0 Å². The Hall–Kier alpha value is -6.07. The van der Waals surface area contributed by atoms with Crippen molar-refractivity contribution in [1.82, 2.24) is 25.1 Å². The van der Waals surface area contributed by atoms with Crippen LogP contribution in [0.15, 0.2) is 65.7 Å². The molecule has 16 nitrogen and oxygen atoms in total. The highest BCUT2D eigenvalue weighted by Gasteiger charge is 2.45. The Morgan fingerprint density at radius 2 is 1.66 bits per heavy atom. The van der Waals surface area contributed by atoms with E-state index in [0.29, 0.717) is 35.9 Å². The van der Waals surface area contributed by atoms with Crippen molar-refractivity contribution in [1.29, 1.82) is 0 Å². The molecule has 5 amide bonds. The average molecular weight is 885 g/mol. The van der Waals surface area contributed by atoms with E-state index in [1.807, 2.05) is 37.8 Å². The number of para-hydroxylation sites is 1. The van der Waals surface area contributed by atoms with Gasteiger partial charge in [0.15, 0.2) is 15.7 Å². The van der Waals surface area contributed by atoms with Gasteiger partial charge in [-0.2, -0.15) is 4.98 Å². The molecule has 3 aliphatic heterocycles. The summed E-state index contributed by atoms with van der Waals surface area (Å²) in [6, 6.07) is 14.4. The molecule has 0 saturated carbocycles. The number of fused-ring (bicyclic) bond motifs is 1. The lowest BCUT2D eigenvalue weighted by Gasteiger charge is -2.33. The Morgan fingerprint density at radius 3 is 2.37 bits per heavy atom. The van der Waals surface area contributed by atoms with E-state index in [1.165, 1.54) is 12.3 Å². The van der Waals surface area contributed by atoms with Crippen molar-refractivity contribution in [3.8, 4) is 5.75 Å². The first-order valence-electron chi connectivity index (χ1n) is 20.6. The number of hydrogen-bond acceptors (Lipinski definition) is 13. The molecule has 7 rings (SSSR count). The molecular weight excluding hydrogens is 836 g/mol. The molecule has 18 heteroatoms. The maximum atomic E-state index is 13.5. The lowest BCUT2D eigenvalue weighted by atomic mass is 9.86. The number of carbonyl (C=O) groups is 5. The number of hydrogen-bond donors (Lipinski definition) is 4. The van der Waals surface area contributed by atoms with Gasteiger partial charge in [0.2, 0.25) is 23.7 Å². The van der Waals surface area contributed by atoms with Gasteiger partial charge in [0, 0.05) is 38.2 Å². The minimum atomic E-state index is -3.60. The molecule has 0 radical (unpaired) electrons. The molecule has 1 aromatic heterocycles. The van der Waals surface area contributed by atoms with Crippen LogP contribution in [0.25, 0.3) is 0 Å². The van der Waals surface area contributed by atoms with E-state index in [2.05, 4.69) is 31.2 Å². The van der Waals surface area contributed by atoms with Crippen molar-refractivity contribution < 1.29 is 37.1 Å². The average Bonchev–Trinajstić information content (AvgIpc) is 3.49. The van der Waals surface area contributed by atoms with Gasteiger partial charge in [-0.15, -0.1) is 0 Å². The summed E-state index contributed by atoms with van der Waals surface area (Å²) in [6.07, 6.45) is 3.00. The van der Waals surface area contributed by atoms with E-state index >= 15 is 0 Å². The maximum absolute atomic E-state index is 13.5. The number of anilines is 5. The Balaban J connectivity index is 0.982. The molecule has 0 bridgehead atoms. The predicted octanol–water partition coefficient (Wildman–Crippen LogP) is 6.50. The van der Waals surface area contributed by atoms with Gasteiger partial charge in [-0.25, -0.2) is 13.4 Å². The van der Waals surface area contributed by atoms with Gasteiger partial charge >= 0.3 is 0 Å². The van der Waals surface area contributed by atoms with E-state index in [1.54, 1.807) is 50.2 Å². The van der Waals surface area contributed by atoms with Crippen LogP contribution in [0.3, 0.4) is 0 Å². The maximum Gasteiger partial charge on any atom is 0.264 e. The quantitative estimate of drug-likeness (QED) is 0.0998. The van der Waals surface area contributed by atoms with Crippen molar-refractivity contribution in [2.75, 3.05) is 35.6 Å². The number of benzene rings is 3. The van der Waals surface area contributed by atoms with Crippen molar-refractivity contribution >= 4 is 79.8 Å². The molecule has 62 heavy (non-hydrogen) atoms. The number of imide groups is 2. The molecule has 3 aromatic carbocycles. The molecule has 0 aliphatic carbocycles. The van der Waals surface area contributed by atoms with Crippen LogP contribution in [0.2, 0.25) is 5.02 Å². The van der Waals surface area contributed by atoms with Crippen LogP contribution >= 0.6 is 11.6 Å². The number of sulfone groups is 1. The summed E-state index contributed by atoms with van der Waals surface area (Å²) in [5, 5.41) is 11.3. The fraction of sp³-hybridized carbons (Fsp3) is 0.386. The number of aromatic nitrogens is 2. The van der Waals surface area contributed by atoms with Crippen molar-refractivity contribution in [3.05, 3.63) is 88.1 Å². The van der Waals surface area contributed by atoms with Gasteiger partial charge in [-0.05, 0) is 107 Å². The van der Waals surface area contributed by atoms with Gasteiger partial charge in [0.1, 0.15) is 16.8 Å². The van der Waals surface area contributed by atoms with Crippen molar-refractivity contribution in [2.45, 2.75) is 94.9 Å². The van der Waals surface area contributed by atoms with Gasteiger partial charge in [0.05, 0.1) is 44.9 Å². The molecular formula is C44H49ClN8O8S. The molecule has 2 saturated heterocycles. The minimum Gasteiger partial charge on any atom is -0.489 e. The largest absolute Gasteiger partial charge is 0.489 e. The molecule has 4 N–H and O–H groups in total. The SMILES string of the molecule is Cc1cc(Nc2ncc(Cl)c(Nc3ccccc3S(=O)(=O)C(C)C)n2)c(OC(C)C)cc1C1CCN(C(=O)CCNc2cccc3c2C(=O)N(C2CCC(=O)NC2=O)C3=O)CC1. The summed E-state index contributed by atoms with van der Waals surface area (Å²) in [5.41, 5.74) is 3.80. The zero-order valence-corrected chi connectivity index (χ0v) is 36.7. The van der Waals surface area contributed by atoms with E-state index in [4.69, 9.17) is 16.3 Å². The predicted molar refractivity (Wildman–Crippen MR) is 234 cm³/mol. The number of aryl methyl sites for hydroxylation is 1. The van der Waals surface area contributed by atoms with E-state index in [9.17, 15) is 32.4 Å². The highest BCUT2D eigenvalue weighted by atomic mass is 35.5. The number of rotatable bonds is 14. The number of piperidine rings is 2. The van der Waals surface area contributed by atoms with Crippen LogP contribution in [0.1, 0.15) is 97.6 Å². The fourth-order valence-electron chi connectivity index (χ4n) is 7.99. The van der Waals surface area contributed by atoms with Crippen LogP contribution in [0, 0.1) is 6.92 Å². The second-order valence-corrected chi connectivity index (χ2v) is 19.0. The summed E-state index contributed by atoms with van der Waals surface area (Å²) in [4.78, 5) is 76.1. The Kier molecular flexibility index (Phi) is 12.9. The van der Waals surface area contributed by atoms with Crippen LogP contribution in [0.5, 0.6) is 5.75 Å². The summed E-state index contributed by atoms with van der Waals surface area (Å²) in [7, 11) is -3.60. The molecule has 1 unspecified atom stereocenters. The van der Waals surface area contributed by atoms with Crippen LogP contribution < -0.4 is 26.0 Å². The van der Waals surface area contributed by atoms with Crippen molar-refractivity contribution in [3.63, 3.8) is 0 Å². The Bertz CT molecular complexity index is 2560. The lowest BCUT2D eigenvalue weighted by Crippen LogP contribution is -2.54. The third-order valence-corrected chi connectivity index (χ3v) is 13.7. The van der Waals surface area contributed by atoms with Crippen LogP contribution in [-0.2, 0) is 24.2 Å². The number of halogens is 1. The molecule has 4 heterocycles. The number of nitrogens with zero attached hydrogens (tertiary/aromatic N) is 4. The van der Waals surface area contributed by atoms with E-state index in [0.717, 1.165) is 28.9 Å². The van der Waals surface area contributed by atoms with E-state index < -0.39 is 44.8 Å². The zero-order valence-electron chi connectivity index (χ0n) is 35.1. The second kappa shape index (κ2) is 18.1. The lowest BCUT2D eigenvalue weighted by molar-refractivity contribution is -0.136. The smallest absolute Gasteiger partial charge is 0.264 e. The molecule has 4 aromatic rings. The number of carbonyl (C=O) groups excluding carboxylic acids is 5. The van der Waals surface area contributed by atoms with Crippen LogP contribution in [0.4, 0.5) is 28.8 Å². The number of likely N-dealkylation sites (tertiary alicyclic amines) is 1. The Morgan fingerprint density at radius 1 is 0.935 bits per heavy atom. The first-order chi connectivity index (χ1) is 29.5. The molecule has 326 valence electrons. The summed E-state index contributed by atoms with van der Waals surface area (Å²) >= 11 is 6.49. The molecule has 0 spiro atoms. The molecule has 2 fully saturated rings. The standard InChI is InChI=1S/C44H49ClN8O8S/c1-24(2)61-35-22-29(26(5)21-33(35)49-44-47-23-30(45)40(51-44)48-31-10-6-7-12-36(31)62(59,60)25(3)4)27-16-19-52(20-17-27)38(55)15-18-46-32-11-8-9-28-39(32)43(58)53(42(28)57)34-13-14-37(54)50-41(34)56/h6-12,21-25,27,34,46H,13-20H2,1-5H3,(H,50,54,56)(H2,47,48,49,51). The summed E-state index contributed by atoms with van der Waals surface area (Å²) in [5.74, 6) is -1.17. The first-order valence-corrected chi connectivity index (χ1v) is 22.5. The van der Waals surface area contributed by atoms with Gasteiger partial charge < -0.3 is 25.6 Å². The second-order valence-electron chi connectivity index (χ2n) is 16.1. The van der Waals surface area contributed by atoms with E-state index in [-0.39, 0.29) is 76.5 Å². The summed E-state index contributed by atoms with van der Waals surface area (Å²) in [6.45, 7) is 10.5. The summed E-state index contributed by atoms with van der Waals surface area (Å²) < 4.78 is 32.4. The third kappa shape index (κ3) is 9.09. The number of nitrogens with one attached hydrogen (secondary N) is 4. The topological polar surface area (TPSA) is 209 Å². The monoisotopic (exact) mass is 884 g/mol. The molecule has 1 atom stereocenters. The molecule has 3 aliphatic rings. The normalized spacial score (nSPS) is 17.1. The minimum absolute atomic E-state index is 0.0292. The van der Waals surface area contributed by atoms with Gasteiger partial charge in [0.25, 0.3) is 11.8 Å². The fourth-order valence-corrected chi connectivity index (χ4v) is 9.33. The third-order valence-electron chi connectivity index (χ3n) is 11.2. The Labute approximate surface area is 365 Å². The zero-order chi connectivity index (χ0) is 44.5. The number of amides is 5. The number of ether oxygens (including phenoxy) is 1. The van der Waals surface area contributed by atoms with Gasteiger partial charge in [-0.3, -0.25) is 34.2 Å². The van der Waals surface area contributed by atoms with Gasteiger partial charge in [-0.1, -0.05) is 29.8 Å². The first kappa shape index (κ1) is 44.0.